The van der Waals surface area contributed by atoms with Crippen LogP contribution in [0.15, 0.2) is 69.0 Å². The molecule has 0 aliphatic heterocycles. The van der Waals surface area contributed by atoms with Crippen LogP contribution in [-0.4, -0.2) is 10.9 Å². The molecule has 4 aromatic rings. The number of aromatic nitrogens is 1. The minimum absolute atomic E-state index is 0.280. The Morgan fingerprint density at radius 1 is 1.18 bits per heavy atom. The maximum atomic E-state index is 12.6. The number of ether oxygens (including phenoxy) is 1. The van der Waals surface area contributed by atoms with Gasteiger partial charge in [-0.25, -0.2) is 4.98 Å². The van der Waals surface area contributed by atoms with Crippen LogP contribution in [-0.2, 0) is 18.0 Å². The molecule has 7 heteroatoms. The second-order valence-electron chi connectivity index (χ2n) is 6.13. The van der Waals surface area contributed by atoms with Crippen LogP contribution < -0.4 is 5.32 Å². The van der Waals surface area contributed by atoms with Crippen LogP contribution in [0.4, 0.5) is 5.69 Å². The van der Waals surface area contributed by atoms with Gasteiger partial charge in [0.25, 0.3) is 5.91 Å². The average molecular weight is 394 g/mol. The zero-order chi connectivity index (χ0) is 19.3. The van der Waals surface area contributed by atoms with Gasteiger partial charge in [0.1, 0.15) is 18.1 Å². The first-order valence-corrected chi connectivity index (χ1v) is 9.59. The van der Waals surface area contributed by atoms with E-state index in [-0.39, 0.29) is 11.6 Å². The number of furan rings is 1. The lowest BCUT2D eigenvalue weighted by atomic mass is 10.2. The average Bonchev–Trinajstić information content (AvgIpc) is 3.44. The lowest BCUT2D eigenvalue weighted by Crippen LogP contribution is -2.13. The fourth-order valence-electron chi connectivity index (χ4n) is 2.71. The Kier molecular flexibility index (Phi) is 5.36. The number of carbonyl (C=O) groups is 1. The lowest BCUT2D eigenvalue weighted by molar-refractivity contribution is 0.0929. The van der Waals surface area contributed by atoms with Crippen molar-refractivity contribution in [2.75, 3.05) is 5.32 Å². The topological polar surface area (TPSA) is 77.5 Å². The van der Waals surface area contributed by atoms with Crippen molar-refractivity contribution < 1.29 is 18.4 Å². The van der Waals surface area contributed by atoms with E-state index in [1.807, 2.05) is 53.9 Å². The molecule has 4 rings (SSSR count). The van der Waals surface area contributed by atoms with Crippen molar-refractivity contribution in [1.82, 2.24) is 4.98 Å². The highest BCUT2D eigenvalue weighted by Gasteiger charge is 2.18. The number of nitrogens with zero attached hydrogens (tertiary/aromatic N) is 1. The van der Waals surface area contributed by atoms with Crippen molar-refractivity contribution in [1.29, 1.82) is 0 Å². The highest BCUT2D eigenvalue weighted by Crippen LogP contribution is 2.26. The zero-order valence-corrected chi connectivity index (χ0v) is 16.0. The largest absolute Gasteiger partial charge is 0.467 e. The van der Waals surface area contributed by atoms with Crippen molar-refractivity contribution in [2.45, 2.75) is 20.1 Å². The molecule has 0 radical (unpaired) electrons. The van der Waals surface area contributed by atoms with Crippen molar-refractivity contribution in [3.05, 3.63) is 83.0 Å². The van der Waals surface area contributed by atoms with Crippen LogP contribution >= 0.6 is 11.3 Å². The Labute approximate surface area is 165 Å². The number of benzene rings is 1. The van der Waals surface area contributed by atoms with Gasteiger partial charge in [-0.2, -0.15) is 0 Å². The number of aryl methyl sites for hydroxylation is 1. The second-order valence-corrected chi connectivity index (χ2v) is 7.08. The molecule has 6 nitrogen and oxygen atoms in total. The SMILES string of the molecule is Cc1oc(-c2cccs2)nc1C(=O)Nc1cccc(COCc2ccco2)c1. The highest BCUT2D eigenvalue weighted by atomic mass is 32.1. The van der Waals surface area contributed by atoms with Gasteiger partial charge < -0.3 is 18.9 Å². The molecule has 0 atom stereocenters. The summed E-state index contributed by atoms with van der Waals surface area (Å²) >= 11 is 1.51. The van der Waals surface area contributed by atoms with E-state index < -0.39 is 0 Å². The Balaban J connectivity index is 1.40. The smallest absolute Gasteiger partial charge is 0.277 e. The standard InChI is InChI=1S/C21H18N2O4S/c1-14-19(23-21(27-14)18-8-4-10-28-18)20(24)22-16-6-2-5-15(11-16)12-25-13-17-7-3-9-26-17/h2-11H,12-13H2,1H3,(H,22,24). The number of thiophene rings is 1. The first kappa shape index (κ1) is 18.2. The molecule has 0 aliphatic carbocycles. The molecule has 0 aliphatic rings. The number of anilines is 1. The van der Waals surface area contributed by atoms with Crippen LogP contribution in [0.2, 0.25) is 0 Å². The molecule has 142 valence electrons. The molecule has 0 bridgehead atoms. The fraction of sp³-hybridized carbons (Fsp3) is 0.143. The van der Waals surface area contributed by atoms with Gasteiger partial charge in [0, 0.05) is 5.69 Å². The Bertz CT molecular complexity index is 1050. The molecule has 3 aromatic heterocycles. The summed E-state index contributed by atoms with van der Waals surface area (Å²) in [6.45, 7) is 2.54. The van der Waals surface area contributed by atoms with Gasteiger partial charge in [-0.05, 0) is 48.2 Å². The molecular weight excluding hydrogens is 376 g/mol. The molecule has 3 heterocycles. The van der Waals surface area contributed by atoms with Gasteiger partial charge in [-0.1, -0.05) is 18.2 Å². The minimum atomic E-state index is -0.308. The quantitative estimate of drug-likeness (QED) is 0.462. The van der Waals surface area contributed by atoms with E-state index in [1.165, 1.54) is 11.3 Å². The monoisotopic (exact) mass is 394 g/mol. The summed E-state index contributed by atoms with van der Waals surface area (Å²) in [5.74, 6) is 1.40. The molecule has 0 saturated heterocycles. The van der Waals surface area contributed by atoms with Crippen LogP contribution in [0, 0.1) is 6.92 Å². The van der Waals surface area contributed by atoms with E-state index in [4.69, 9.17) is 13.6 Å². The summed E-state index contributed by atoms with van der Waals surface area (Å²) in [5.41, 5.74) is 1.90. The molecule has 1 N–H and O–H groups in total. The number of hydrogen-bond donors (Lipinski definition) is 1. The van der Waals surface area contributed by atoms with E-state index in [2.05, 4.69) is 10.3 Å². The Morgan fingerprint density at radius 3 is 2.89 bits per heavy atom. The van der Waals surface area contributed by atoms with Crippen LogP contribution in [0.1, 0.15) is 27.6 Å². The molecule has 0 spiro atoms. The zero-order valence-electron chi connectivity index (χ0n) is 15.2. The summed E-state index contributed by atoms with van der Waals surface area (Å²) < 4.78 is 16.5. The summed E-state index contributed by atoms with van der Waals surface area (Å²) in [6.07, 6.45) is 1.62. The van der Waals surface area contributed by atoms with E-state index in [1.54, 1.807) is 13.2 Å². The van der Waals surface area contributed by atoms with Gasteiger partial charge in [0.05, 0.1) is 17.7 Å². The van der Waals surface area contributed by atoms with Gasteiger partial charge in [-0.15, -0.1) is 11.3 Å². The van der Waals surface area contributed by atoms with Gasteiger partial charge >= 0.3 is 0 Å². The minimum Gasteiger partial charge on any atom is -0.467 e. The normalized spacial score (nSPS) is 10.9. The molecular formula is C21H18N2O4S. The lowest BCUT2D eigenvalue weighted by Gasteiger charge is -2.07. The van der Waals surface area contributed by atoms with E-state index in [9.17, 15) is 4.79 Å². The van der Waals surface area contributed by atoms with Crippen molar-refractivity contribution >= 4 is 22.9 Å². The first-order chi connectivity index (χ1) is 13.7. The molecule has 1 amide bonds. The number of amides is 1. The molecule has 28 heavy (non-hydrogen) atoms. The summed E-state index contributed by atoms with van der Waals surface area (Å²) in [4.78, 5) is 17.9. The van der Waals surface area contributed by atoms with Crippen molar-refractivity contribution in [3.63, 3.8) is 0 Å². The van der Waals surface area contributed by atoms with Crippen LogP contribution in [0.5, 0.6) is 0 Å². The van der Waals surface area contributed by atoms with E-state index in [0.29, 0.717) is 30.6 Å². The number of oxazole rings is 1. The number of nitrogens with one attached hydrogen (secondary N) is 1. The molecule has 1 aromatic carbocycles. The maximum Gasteiger partial charge on any atom is 0.277 e. The molecule has 0 fully saturated rings. The maximum absolute atomic E-state index is 12.6. The van der Waals surface area contributed by atoms with Crippen molar-refractivity contribution in [2.24, 2.45) is 0 Å². The third-order valence-corrected chi connectivity index (χ3v) is 4.88. The summed E-state index contributed by atoms with van der Waals surface area (Å²) in [7, 11) is 0. The highest BCUT2D eigenvalue weighted by molar-refractivity contribution is 7.13. The van der Waals surface area contributed by atoms with Crippen LogP contribution in [0.3, 0.4) is 0 Å². The molecule has 0 saturated carbocycles. The van der Waals surface area contributed by atoms with E-state index >= 15 is 0 Å². The second kappa shape index (κ2) is 8.24. The Morgan fingerprint density at radius 2 is 2.11 bits per heavy atom. The predicted molar refractivity (Wildman–Crippen MR) is 106 cm³/mol. The molecule has 0 unspecified atom stereocenters. The van der Waals surface area contributed by atoms with Crippen LogP contribution in [0.25, 0.3) is 10.8 Å². The van der Waals surface area contributed by atoms with Gasteiger partial charge in [-0.3, -0.25) is 4.79 Å². The first-order valence-electron chi connectivity index (χ1n) is 8.71. The van der Waals surface area contributed by atoms with E-state index in [0.717, 1.165) is 16.2 Å². The predicted octanol–water partition coefficient (Wildman–Crippen LogP) is 5.27. The Hall–Kier alpha value is -3.16. The number of rotatable bonds is 7. The summed E-state index contributed by atoms with van der Waals surface area (Å²) in [5, 5.41) is 4.81. The number of carbonyl (C=O) groups excluding carboxylic acids is 1. The van der Waals surface area contributed by atoms with Gasteiger partial charge in [0.15, 0.2) is 5.69 Å². The van der Waals surface area contributed by atoms with Crippen molar-refractivity contribution in [3.8, 4) is 10.8 Å². The van der Waals surface area contributed by atoms with Gasteiger partial charge in [0.2, 0.25) is 5.89 Å². The number of hydrogen-bond acceptors (Lipinski definition) is 6. The fourth-order valence-corrected chi connectivity index (χ4v) is 3.36. The third kappa shape index (κ3) is 4.21. The summed E-state index contributed by atoms with van der Waals surface area (Å²) in [6, 6.07) is 15.0. The third-order valence-electron chi connectivity index (χ3n) is 4.02.